The molecule has 2 heterocycles. The van der Waals surface area contributed by atoms with Crippen LogP contribution < -0.4 is 5.32 Å². The molecule has 0 aliphatic heterocycles. The molecule has 1 saturated carbocycles. The molecule has 0 atom stereocenters. The third kappa shape index (κ3) is 2.61. The molecule has 3 rings (SSSR count). The fraction of sp³-hybridized carbons (Fsp3) is 0.429. The zero-order valence-electron chi connectivity index (χ0n) is 11.3. The van der Waals surface area contributed by atoms with Gasteiger partial charge in [0.25, 0.3) is 0 Å². The molecule has 6 heteroatoms. The molecule has 2 aromatic heterocycles. The van der Waals surface area contributed by atoms with Crippen LogP contribution in [0.5, 0.6) is 0 Å². The standard InChI is InChI=1S/C14H16IN5/c1-16-12-10(15)11(9-5-2-3-6-9)19-14(20-12)13-17-7-4-8-18-13/h4,7-9H,2-3,5-6H2,1H3,(H,16,19,20). The summed E-state index contributed by atoms with van der Waals surface area (Å²) in [5.41, 5.74) is 1.14. The van der Waals surface area contributed by atoms with Gasteiger partial charge < -0.3 is 5.32 Å². The van der Waals surface area contributed by atoms with E-state index in [1.165, 1.54) is 25.7 Å². The lowest BCUT2D eigenvalue weighted by Gasteiger charge is -2.14. The molecule has 1 aliphatic rings. The van der Waals surface area contributed by atoms with Crippen LogP contribution in [0, 0.1) is 3.57 Å². The van der Waals surface area contributed by atoms with Crippen molar-refractivity contribution in [3.05, 3.63) is 27.7 Å². The maximum Gasteiger partial charge on any atom is 0.200 e. The van der Waals surface area contributed by atoms with E-state index >= 15 is 0 Å². The third-order valence-corrected chi connectivity index (χ3v) is 4.68. The van der Waals surface area contributed by atoms with E-state index in [0.717, 1.165) is 15.1 Å². The maximum atomic E-state index is 4.75. The lowest BCUT2D eigenvalue weighted by molar-refractivity contribution is 0.690. The second-order valence-electron chi connectivity index (χ2n) is 4.90. The monoisotopic (exact) mass is 381 g/mol. The van der Waals surface area contributed by atoms with Crippen LogP contribution in [-0.4, -0.2) is 27.0 Å². The number of nitrogens with zero attached hydrogens (tertiary/aromatic N) is 4. The van der Waals surface area contributed by atoms with E-state index in [1.54, 1.807) is 18.5 Å². The lowest BCUT2D eigenvalue weighted by Crippen LogP contribution is -2.09. The molecule has 0 bridgehead atoms. The Morgan fingerprint density at radius 2 is 1.80 bits per heavy atom. The van der Waals surface area contributed by atoms with Gasteiger partial charge in [-0.3, -0.25) is 0 Å². The molecule has 0 saturated heterocycles. The average molecular weight is 381 g/mol. The molecule has 20 heavy (non-hydrogen) atoms. The molecule has 0 amide bonds. The Hall–Kier alpha value is -1.31. The highest BCUT2D eigenvalue weighted by molar-refractivity contribution is 14.1. The summed E-state index contributed by atoms with van der Waals surface area (Å²) in [6.07, 6.45) is 8.44. The molecular formula is C14H16IN5. The van der Waals surface area contributed by atoms with Crippen LogP contribution in [0.15, 0.2) is 18.5 Å². The number of hydrogen-bond acceptors (Lipinski definition) is 5. The Labute approximate surface area is 131 Å². The molecule has 0 unspecified atom stereocenters. The Balaban J connectivity index is 2.09. The van der Waals surface area contributed by atoms with E-state index < -0.39 is 0 Å². The van der Waals surface area contributed by atoms with E-state index in [0.29, 0.717) is 17.6 Å². The van der Waals surface area contributed by atoms with Crippen LogP contribution >= 0.6 is 22.6 Å². The summed E-state index contributed by atoms with van der Waals surface area (Å²) in [6, 6.07) is 1.80. The topological polar surface area (TPSA) is 63.6 Å². The summed E-state index contributed by atoms with van der Waals surface area (Å²) < 4.78 is 1.12. The van der Waals surface area contributed by atoms with Gasteiger partial charge in [0.1, 0.15) is 5.82 Å². The van der Waals surface area contributed by atoms with Crippen LogP contribution in [0.1, 0.15) is 37.3 Å². The Kier molecular flexibility index (Phi) is 4.09. The SMILES string of the molecule is CNc1nc(-c2ncccn2)nc(C2CCCC2)c1I. The first-order valence-corrected chi connectivity index (χ1v) is 7.90. The zero-order valence-corrected chi connectivity index (χ0v) is 13.5. The predicted octanol–water partition coefficient (Wildman–Crippen LogP) is 3.24. The number of hydrogen-bond donors (Lipinski definition) is 1. The molecule has 1 N–H and O–H groups in total. The Morgan fingerprint density at radius 3 is 2.45 bits per heavy atom. The van der Waals surface area contributed by atoms with Crippen LogP contribution in [0.2, 0.25) is 0 Å². The molecule has 0 spiro atoms. The van der Waals surface area contributed by atoms with Gasteiger partial charge in [-0.15, -0.1) is 0 Å². The van der Waals surface area contributed by atoms with E-state index in [4.69, 9.17) is 4.98 Å². The van der Waals surface area contributed by atoms with Crippen molar-refractivity contribution in [3.8, 4) is 11.6 Å². The van der Waals surface area contributed by atoms with E-state index in [9.17, 15) is 0 Å². The quantitative estimate of drug-likeness (QED) is 0.828. The highest BCUT2D eigenvalue weighted by Gasteiger charge is 2.24. The number of halogens is 1. The van der Waals surface area contributed by atoms with E-state index in [1.807, 2.05) is 7.05 Å². The van der Waals surface area contributed by atoms with Gasteiger partial charge in [-0.25, -0.2) is 19.9 Å². The first-order chi connectivity index (χ1) is 9.79. The normalized spacial score (nSPS) is 15.5. The number of aromatic nitrogens is 4. The van der Waals surface area contributed by atoms with Crippen LogP contribution in [-0.2, 0) is 0 Å². The van der Waals surface area contributed by atoms with Gasteiger partial charge in [0.15, 0.2) is 11.6 Å². The Morgan fingerprint density at radius 1 is 1.10 bits per heavy atom. The molecule has 1 aliphatic carbocycles. The minimum atomic E-state index is 0.541. The molecule has 1 fully saturated rings. The number of nitrogens with one attached hydrogen (secondary N) is 1. The Bertz CT molecular complexity index is 596. The van der Waals surface area contributed by atoms with E-state index in [2.05, 4.69) is 42.9 Å². The van der Waals surface area contributed by atoms with Crippen molar-refractivity contribution < 1.29 is 0 Å². The average Bonchev–Trinajstić information content (AvgIpc) is 3.02. The fourth-order valence-electron chi connectivity index (χ4n) is 2.61. The van der Waals surface area contributed by atoms with Gasteiger partial charge in [-0.05, 0) is 41.5 Å². The molecule has 0 aromatic carbocycles. The third-order valence-electron chi connectivity index (χ3n) is 3.62. The van der Waals surface area contributed by atoms with Crippen molar-refractivity contribution in [2.24, 2.45) is 0 Å². The molecule has 5 nitrogen and oxygen atoms in total. The maximum absolute atomic E-state index is 4.75. The minimum absolute atomic E-state index is 0.541. The van der Waals surface area contributed by atoms with Gasteiger partial charge in [0.2, 0.25) is 0 Å². The smallest absolute Gasteiger partial charge is 0.200 e. The summed E-state index contributed by atoms with van der Waals surface area (Å²) in [5.74, 6) is 2.60. The molecule has 0 radical (unpaired) electrons. The summed E-state index contributed by atoms with van der Waals surface area (Å²) in [7, 11) is 1.89. The molecular weight excluding hydrogens is 365 g/mol. The molecule has 2 aromatic rings. The van der Waals surface area contributed by atoms with Crippen molar-refractivity contribution in [3.63, 3.8) is 0 Å². The number of rotatable bonds is 3. The van der Waals surface area contributed by atoms with Gasteiger partial charge >= 0.3 is 0 Å². The van der Waals surface area contributed by atoms with Crippen molar-refractivity contribution in [2.45, 2.75) is 31.6 Å². The zero-order chi connectivity index (χ0) is 13.9. The highest BCUT2D eigenvalue weighted by Crippen LogP contribution is 2.37. The number of anilines is 1. The summed E-state index contributed by atoms with van der Waals surface area (Å²) in [6.45, 7) is 0. The second-order valence-corrected chi connectivity index (χ2v) is 5.98. The van der Waals surface area contributed by atoms with Crippen LogP contribution in [0.25, 0.3) is 11.6 Å². The van der Waals surface area contributed by atoms with Crippen molar-refractivity contribution in [1.29, 1.82) is 0 Å². The van der Waals surface area contributed by atoms with E-state index in [-0.39, 0.29) is 0 Å². The summed E-state index contributed by atoms with van der Waals surface area (Å²) >= 11 is 2.34. The lowest BCUT2D eigenvalue weighted by atomic mass is 10.0. The van der Waals surface area contributed by atoms with Gasteiger partial charge in [0, 0.05) is 25.4 Å². The predicted molar refractivity (Wildman–Crippen MR) is 86.5 cm³/mol. The van der Waals surface area contributed by atoms with Crippen molar-refractivity contribution >= 4 is 28.4 Å². The summed E-state index contributed by atoms with van der Waals surface area (Å²) in [4.78, 5) is 17.8. The fourth-order valence-corrected chi connectivity index (χ4v) is 3.57. The summed E-state index contributed by atoms with van der Waals surface area (Å²) in [5, 5.41) is 3.16. The van der Waals surface area contributed by atoms with Crippen molar-refractivity contribution in [2.75, 3.05) is 12.4 Å². The van der Waals surface area contributed by atoms with Crippen molar-refractivity contribution in [1.82, 2.24) is 19.9 Å². The highest BCUT2D eigenvalue weighted by atomic mass is 127. The largest absolute Gasteiger partial charge is 0.372 e. The van der Waals surface area contributed by atoms with Gasteiger partial charge in [-0.1, -0.05) is 12.8 Å². The second kappa shape index (κ2) is 5.99. The first-order valence-electron chi connectivity index (χ1n) is 6.82. The van der Waals surface area contributed by atoms with Gasteiger partial charge in [-0.2, -0.15) is 0 Å². The van der Waals surface area contributed by atoms with Gasteiger partial charge in [0.05, 0.1) is 9.26 Å². The molecule has 104 valence electrons. The van der Waals surface area contributed by atoms with Crippen LogP contribution in [0.3, 0.4) is 0 Å². The van der Waals surface area contributed by atoms with Crippen LogP contribution in [0.4, 0.5) is 5.82 Å². The first kappa shape index (κ1) is 13.7. The minimum Gasteiger partial charge on any atom is -0.372 e.